The van der Waals surface area contributed by atoms with E-state index in [2.05, 4.69) is 55.2 Å². The van der Waals surface area contributed by atoms with E-state index < -0.39 is 0 Å². The summed E-state index contributed by atoms with van der Waals surface area (Å²) in [5.41, 5.74) is 3.83. The van der Waals surface area contributed by atoms with Crippen molar-refractivity contribution in [2.24, 2.45) is 7.05 Å². The number of fused-ring (bicyclic) bond motifs is 2. The average Bonchev–Trinajstić information content (AvgIpc) is 3.61. The minimum absolute atomic E-state index is 0.404. The quantitative estimate of drug-likeness (QED) is 0.352. The molecule has 168 valence electrons. The standard InChI is InChI=1S/C22H23N9S2/c1-4-31-13(2)16(9-27-31)19-28-17-20(29(19)3)24-12-26-22(17)33-14-5-7-30(10-14)18-15-6-8-32-21(15)25-11-23-18/h6,8-9,11-12,14H,4-5,7,10H2,1-3H3/t14-/m0/s1. The lowest BCUT2D eigenvalue weighted by Gasteiger charge is -2.17. The van der Waals surface area contributed by atoms with Crippen LogP contribution in [-0.2, 0) is 13.6 Å². The summed E-state index contributed by atoms with van der Waals surface area (Å²) in [5.74, 6) is 1.90. The maximum atomic E-state index is 4.98. The first-order valence-corrected chi connectivity index (χ1v) is 12.7. The lowest BCUT2D eigenvalue weighted by molar-refractivity contribution is 0.640. The Kier molecular flexibility index (Phi) is 5.02. The minimum atomic E-state index is 0.404. The second kappa shape index (κ2) is 8.07. The fourth-order valence-electron chi connectivity index (χ4n) is 4.49. The highest BCUT2D eigenvalue weighted by atomic mass is 32.2. The van der Waals surface area contributed by atoms with Crippen molar-refractivity contribution < 1.29 is 0 Å². The zero-order chi connectivity index (χ0) is 22.5. The molecule has 0 spiro atoms. The molecule has 11 heteroatoms. The molecule has 0 aliphatic carbocycles. The highest BCUT2D eigenvalue weighted by molar-refractivity contribution is 8.00. The molecule has 0 amide bonds. The van der Waals surface area contributed by atoms with Crippen molar-refractivity contribution in [3.05, 3.63) is 36.0 Å². The van der Waals surface area contributed by atoms with Gasteiger partial charge < -0.3 is 9.47 Å². The zero-order valence-corrected chi connectivity index (χ0v) is 20.3. The largest absolute Gasteiger partial charge is 0.355 e. The minimum Gasteiger partial charge on any atom is -0.355 e. The summed E-state index contributed by atoms with van der Waals surface area (Å²) >= 11 is 3.44. The second-order valence-electron chi connectivity index (χ2n) is 8.12. The number of nitrogens with zero attached hydrogens (tertiary/aromatic N) is 9. The lowest BCUT2D eigenvalue weighted by Crippen LogP contribution is -2.21. The smallest absolute Gasteiger partial charge is 0.164 e. The van der Waals surface area contributed by atoms with Crippen LogP contribution in [0.5, 0.6) is 0 Å². The summed E-state index contributed by atoms with van der Waals surface area (Å²) in [6, 6.07) is 2.11. The SMILES string of the molecule is CCn1ncc(-c2nc3c(S[C@H]4CCN(c5ncnc6sccc56)C4)ncnc3n2C)c1C. The van der Waals surface area contributed by atoms with Crippen molar-refractivity contribution >= 4 is 50.3 Å². The monoisotopic (exact) mass is 477 g/mol. The van der Waals surface area contributed by atoms with Crippen molar-refractivity contribution in [3.63, 3.8) is 0 Å². The van der Waals surface area contributed by atoms with Gasteiger partial charge in [-0.15, -0.1) is 11.3 Å². The maximum Gasteiger partial charge on any atom is 0.164 e. The summed E-state index contributed by atoms with van der Waals surface area (Å²) in [5, 5.41) is 9.03. The van der Waals surface area contributed by atoms with Gasteiger partial charge in [-0.05, 0) is 31.7 Å². The Bertz CT molecular complexity index is 1470. The first kappa shape index (κ1) is 20.5. The third-order valence-corrected chi connectivity index (χ3v) is 8.29. The number of thiophene rings is 1. The molecule has 6 heterocycles. The molecule has 1 fully saturated rings. The summed E-state index contributed by atoms with van der Waals surface area (Å²) in [4.78, 5) is 26.5. The molecule has 1 aliphatic heterocycles. The summed E-state index contributed by atoms with van der Waals surface area (Å²) < 4.78 is 4.03. The van der Waals surface area contributed by atoms with E-state index in [1.165, 1.54) is 0 Å². The van der Waals surface area contributed by atoms with E-state index in [0.29, 0.717) is 5.25 Å². The summed E-state index contributed by atoms with van der Waals surface area (Å²) in [6.07, 6.45) is 6.26. The fourth-order valence-corrected chi connectivity index (χ4v) is 6.37. The van der Waals surface area contributed by atoms with Crippen molar-refractivity contribution in [3.8, 4) is 11.4 Å². The summed E-state index contributed by atoms with van der Waals surface area (Å²) in [7, 11) is 2.01. The Balaban J connectivity index is 1.29. The normalized spacial score (nSPS) is 16.5. The van der Waals surface area contributed by atoms with Gasteiger partial charge in [-0.1, -0.05) is 11.8 Å². The molecule has 1 atom stereocenters. The molecule has 0 bridgehead atoms. The van der Waals surface area contributed by atoms with Gasteiger partial charge in [-0.25, -0.2) is 24.9 Å². The Morgan fingerprint density at radius 2 is 2.06 bits per heavy atom. The van der Waals surface area contributed by atoms with Gasteiger partial charge in [-0.3, -0.25) is 4.68 Å². The highest BCUT2D eigenvalue weighted by Gasteiger charge is 2.28. The van der Waals surface area contributed by atoms with Crippen molar-refractivity contribution in [2.75, 3.05) is 18.0 Å². The van der Waals surface area contributed by atoms with Gasteiger partial charge in [0.25, 0.3) is 0 Å². The van der Waals surface area contributed by atoms with Gasteiger partial charge in [0.05, 0.1) is 17.1 Å². The van der Waals surface area contributed by atoms with E-state index in [-0.39, 0.29) is 0 Å². The number of aryl methyl sites for hydroxylation is 2. The van der Waals surface area contributed by atoms with Gasteiger partial charge in [0.15, 0.2) is 5.65 Å². The number of anilines is 1. The molecule has 1 saturated heterocycles. The number of hydrogen-bond acceptors (Lipinski definition) is 9. The number of imidazole rings is 1. The van der Waals surface area contributed by atoms with E-state index in [9.17, 15) is 0 Å². The molecule has 9 nitrogen and oxygen atoms in total. The predicted molar refractivity (Wildman–Crippen MR) is 132 cm³/mol. The van der Waals surface area contributed by atoms with E-state index in [1.54, 1.807) is 35.8 Å². The van der Waals surface area contributed by atoms with Crippen LogP contribution in [0.2, 0.25) is 0 Å². The zero-order valence-electron chi connectivity index (χ0n) is 18.6. The Labute approximate surface area is 198 Å². The summed E-state index contributed by atoms with van der Waals surface area (Å²) in [6.45, 7) is 6.89. The average molecular weight is 478 g/mol. The number of rotatable bonds is 5. The van der Waals surface area contributed by atoms with Gasteiger partial charge in [-0.2, -0.15) is 5.10 Å². The van der Waals surface area contributed by atoms with Crippen LogP contribution in [0.15, 0.2) is 35.3 Å². The van der Waals surface area contributed by atoms with Crippen LogP contribution < -0.4 is 4.90 Å². The maximum absolute atomic E-state index is 4.98. The van der Waals surface area contributed by atoms with E-state index in [4.69, 9.17) is 4.98 Å². The lowest BCUT2D eigenvalue weighted by atomic mass is 10.2. The van der Waals surface area contributed by atoms with E-state index >= 15 is 0 Å². The predicted octanol–water partition coefficient (Wildman–Crippen LogP) is 3.93. The molecule has 0 radical (unpaired) electrons. The molecule has 5 aromatic rings. The molecule has 0 unspecified atom stereocenters. The van der Waals surface area contributed by atoms with Crippen LogP contribution in [0, 0.1) is 6.92 Å². The Hall–Kier alpha value is -3.05. The van der Waals surface area contributed by atoms with E-state index in [0.717, 1.165) is 75.4 Å². The molecular formula is C22H23N9S2. The number of aromatic nitrogens is 8. The van der Waals surface area contributed by atoms with Crippen molar-refractivity contribution in [2.45, 2.75) is 37.1 Å². The third-order valence-electron chi connectivity index (χ3n) is 6.23. The van der Waals surface area contributed by atoms with Crippen LogP contribution in [0.4, 0.5) is 5.82 Å². The van der Waals surface area contributed by atoms with Gasteiger partial charge in [0, 0.05) is 37.6 Å². The van der Waals surface area contributed by atoms with Crippen LogP contribution in [-0.4, -0.2) is 57.6 Å². The Morgan fingerprint density at radius 3 is 2.91 bits per heavy atom. The Morgan fingerprint density at radius 1 is 1.18 bits per heavy atom. The van der Waals surface area contributed by atoms with Crippen molar-refractivity contribution in [1.82, 2.24) is 39.3 Å². The van der Waals surface area contributed by atoms with Gasteiger partial charge in [0.2, 0.25) is 0 Å². The molecule has 33 heavy (non-hydrogen) atoms. The molecule has 1 aliphatic rings. The molecule has 6 rings (SSSR count). The van der Waals surface area contributed by atoms with E-state index in [1.807, 2.05) is 22.5 Å². The van der Waals surface area contributed by atoms with Crippen LogP contribution >= 0.6 is 23.1 Å². The van der Waals surface area contributed by atoms with Crippen LogP contribution in [0.1, 0.15) is 19.0 Å². The fraction of sp³-hybridized carbons (Fsp3) is 0.364. The first-order chi connectivity index (χ1) is 16.1. The van der Waals surface area contributed by atoms with Gasteiger partial charge >= 0.3 is 0 Å². The molecular weight excluding hydrogens is 454 g/mol. The topological polar surface area (TPSA) is 90.4 Å². The van der Waals surface area contributed by atoms with Crippen LogP contribution in [0.3, 0.4) is 0 Å². The molecule has 5 aromatic heterocycles. The number of hydrogen-bond donors (Lipinski definition) is 0. The third kappa shape index (κ3) is 3.37. The number of thioether (sulfide) groups is 1. The van der Waals surface area contributed by atoms with Crippen LogP contribution in [0.25, 0.3) is 32.8 Å². The first-order valence-electron chi connectivity index (χ1n) is 10.9. The second-order valence-corrected chi connectivity index (χ2v) is 10.3. The highest BCUT2D eigenvalue weighted by Crippen LogP contribution is 2.36. The van der Waals surface area contributed by atoms with Crippen molar-refractivity contribution in [1.29, 1.82) is 0 Å². The molecule has 0 saturated carbocycles. The van der Waals surface area contributed by atoms with Gasteiger partial charge in [0.1, 0.15) is 39.7 Å². The molecule has 0 aromatic carbocycles. The molecule has 0 N–H and O–H groups in total.